The summed E-state index contributed by atoms with van der Waals surface area (Å²) in [6.45, 7) is 14.7. The summed E-state index contributed by atoms with van der Waals surface area (Å²) in [4.78, 5) is 0. The van der Waals surface area contributed by atoms with Crippen LogP contribution in [-0.2, 0) is 30.5 Å². The minimum absolute atomic E-state index is 0.485. The lowest BCUT2D eigenvalue weighted by Gasteiger charge is -2.40. The van der Waals surface area contributed by atoms with Crippen LogP contribution >= 0.6 is 11.6 Å². The van der Waals surface area contributed by atoms with Crippen LogP contribution in [0.5, 0.6) is 0 Å². The molecule has 3 aliphatic heterocycles. The van der Waals surface area contributed by atoms with Crippen molar-refractivity contribution >= 4 is 47.4 Å². The van der Waals surface area contributed by atoms with Gasteiger partial charge in [0.2, 0.25) is 0 Å². The van der Waals surface area contributed by atoms with E-state index in [2.05, 4.69) is 150 Å². The maximum Gasteiger partial charge on any atom is 0.489 e. The molecule has 0 bridgehead atoms. The molecule has 0 amide bonds. The molecule has 254 valence electrons. The fourth-order valence-corrected chi connectivity index (χ4v) is 9.59. The SMILES string of the molecule is CC1(C)OB(B2OC(C)(C)C(C)(Cc3cccc4c3-c3ccccc3C43c4ccc(Cl)cc4-n4c5ccccc5c5cccc3c54)O2)OC1(C)C. The molecule has 4 aliphatic rings. The topological polar surface area (TPSA) is 41.9 Å². The normalized spacial score (nSPS) is 24.8. The fourth-order valence-electron chi connectivity index (χ4n) is 9.42. The van der Waals surface area contributed by atoms with Crippen molar-refractivity contribution in [2.24, 2.45) is 0 Å². The van der Waals surface area contributed by atoms with Crippen LogP contribution in [0.1, 0.15) is 76.3 Å². The summed E-state index contributed by atoms with van der Waals surface area (Å²) in [5.74, 6) is 0. The lowest BCUT2D eigenvalue weighted by atomic mass is 9.49. The second-order valence-corrected chi connectivity index (χ2v) is 16.9. The largest absolute Gasteiger partial charge is 0.489 e. The first-order valence-corrected chi connectivity index (χ1v) is 18.4. The third-order valence-electron chi connectivity index (χ3n) is 12.9. The molecule has 51 heavy (non-hydrogen) atoms. The van der Waals surface area contributed by atoms with Crippen LogP contribution in [0.4, 0.5) is 0 Å². The van der Waals surface area contributed by atoms with Crippen LogP contribution in [-0.4, -0.2) is 41.0 Å². The Kier molecular flexibility index (Phi) is 6.36. The Balaban J connectivity index is 1.18. The molecule has 0 N–H and O–H groups in total. The van der Waals surface area contributed by atoms with Gasteiger partial charge in [0.15, 0.2) is 0 Å². The Morgan fingerprint density at radius 3 is 2.02 bits per heavy atom. The Labute approximate surface area is 305 Å². The van der Waals surface area contributed by atoms with Crippen molar-refractivity contribution in [2.75, 3.05) is 0 Å². The Bertz CT molecular complexity index is 2450. The predicted molar refractivity (Wildman–Crippen MR) is 207 cm³/mol. The molecule has 4 heterocycles. The van der Waals surface area contributed by atoms with Crippen molar-refractivity contribution in [3.63, 3.8) is 0 Å². The standard InChI is InChI=1S/C43H40B2ClNO4/c1-39(2)40(3,4)49-44(48-39)45-50-41(5,6)42(7,51-45)25-26-14-12-19-33-37(26)30-16-8-10-18-31(30)43(33)32-23-22-27(46)24-36(32)47-35-21-11-9-15-28(35)29-17-13-20-34(43)38(29)47/h8-24H,25H2,1-7H3. The lowest BCUT2D eigenvalue weighted by molar-refractivity contribution is -0.00868. The number of rotatable bonds is 3. The molecule has 0 saturated carbocycles. The molecule has 1 aromatic heterocycles. The first kappa shape index (κ1) is 31.9. The average Bonchev–Trinajstić information content (AvgIpc) is 3.73. The number of benzene rings is 5. The average molecular weight is 692 g/mol. The minimum atomic E-state index is -0.675. The van der Waals surface area contributed by atoms with E-state index in [0.29, 0.717) is 6.42 Å². The van der Waals surface area contributed by atoms with Crippen molar-refractivity contribution in [2.45, 2.75) is 82.7 Å². The number of fused-ring (bicyclic) bond motifs is 12. The van der Waals surface area contributed by atoms with Crippen LogP contribution in [0.25, 0.3) is 38.6 Å². The van der Waals surface area contributed by atoms with E-state index in [4.69, 9.17) is 30.2 Å². The molecule has 2 unspecified atom stereocenters. The van der Waals surface area contributed by atoms with Gasteiger partial charge in [-0.05, 0) is 106 Å². The Morgan fingerprint density at radius 1 is 0.588 bits per heavy atom. The summed E-state index contributed by atoms with van der Waals surface area (Å²) < 4.78 is 28.9. The van der Waals surface area contributed by atoms with Gasteiger partial charge in [0, 0.05) is 22.2 Å². The molecule has 2 saturated heterocycles. The van der Waals surface area contributed by atoms with E-state index in [-0.39, 0.29) is 0 Å². The molecule has 6 aromatic rings. The van der Waals surface area contributed by atoms with E-state index in [1.165, 1.54) is 60.8 Å². The highest BCUT2D eigenvalue weighted by Crippen LogP contribution is 2.62. The predicted octanol–water partition coefficient (Wildman–Crippen LogP) is 9.90. The van der Waals surface area contributed by atoms with Crippen molar-refractivity contribution in [3.05, 3.63) is 136 Å². The van der Waals surface area contributed by atoms with Gasteiger partial charge in [0.05, 0.1) is 44.5 Å². The monoisotopic (exact) mass is 691 g/mol. The zero-order valence-electron chi connectivity index (χ0n) is 30.1. The van der Waals surface area contributed by atoms with Crippen molar-refractivity contribution in [3.8, 4) is 16.8 Å². The van der Waals surface area contributed by atoms with Gasteiger partial charge >= 0.3 is 14.0 Å². The Morgan fingerprint density at radius 2 is 1.22 bits per heavy atom. The van der Waals surface area contributed by atoms with Gasteiger partial charge in [-0.1, -0.05) is 96.5 Å². The number of hydrogen-bond acceptors (Lipinski definition) is 4. The molecule has 1 aliphatic carbocycles. The molecule has 2 fully saturated rings. The highest BCUT2D eigenvalue weighted by Gasteiger charge is 2.65. The van der Waals surface area contributed by atoms with Gasteiger partial charge in [0.25, 0.3) is 0 Å². The highest BCUT2D eigenvalue weighted by atomic mass is 35.5. The van der Waals surface area contributed by atoms with Crippen LogP contribution < -0.4 is 0 Å². The van der Waals surface area contributed by atoms with Crippen molar-refractivity contribution in [1.82, 2.24) is 4.57 Å². The summed E-state index contributed by atoms with van der Waals surface area (Å²) in [7, 11) is -1.28. The molecule has 2 atom stereocenters. The first-order valence-electron chi connectivity index (χ1n) is 18.0. The molecule has 10 rings (SSSR count). The van der Waals surface area contributed by atoms with Gasteiger partial charge in [-0.25, -0.2) is 0 Å². The van der Waals surface area contributed by atoms with Crippen LogP contribution in [0.3, 0.4) is 0 Å². The quantitative estimate of drug-likeness (QED) is 0.173. The third kappa shape index (κ3) is 3.99. The molecule has 5 nitrogen and oxygen atoms in total. The van der Waals surface area contributed by atoms with E-state index >= 15 is 0 Å². The van der Waals surface area contributed by atoms with Crippen LogP contribution in [0.15, 0.2) is 103 Å². The number of halogens is 1. The van der Waals surface area contributed by atoms with Gasteiger partial charge < -0.3 is 23.2 Å². The number of hydrogen-bond donors (Lipinski definition) is 0. The van der Waals surface area contributed by atoms with Gasteiger partial charge in [-0.2, -0.15) is 0 Å². The smallest absolute Gasteiger partial charge is 0.405 e. The molecule has 5 aromatic carbocycles. The summed E-state index contributed by atoms with van der Waals surface area (Å²) in [6.07, 6.45) is 0.640. The fraction of sp³-hybridized carbons (Fsp3) is 0.302. The number of aromatic nitrogens is 1. The maximum absolute atomic E-state index is 6.93. The minimum Gasteiger partial charge on any atom is -0.405 e. The summed E-state index contributed by atoms with van der Waals surface area (Å²) in [6, 6.07) is 37.8. The van der Waals surface area contributed by atoms with E-state index < -0.39 is 41.8 Å². The van der Waals surface area contributed by atoms with Crippen molar-refractivity contribution in [1.29, 1.82) is 0 Å². The lowest BCUT2D eigenvalue weighted by Crippen LogP contribution is -2.46. The van der Waals surface area contributed by atoms with Gasteiger partial charge in [0.1, 0.15) is 0 Å². The third-order valence-corrected chi connectivity index (χ3v) is 13.2. The summed E-state index contributed by atoms with van der Waals surface area (Å²) >= 11 is 6.85. The summed E-state index contributed by atoms with van der Waals surface area (Å²) in [5.41, 5.74) is 9.49. The van der Waals surface area contributed by atoms with Gasteiger partial charge in [-0.3, -0.25) is 0 Å². The zero-order valence-corrected chi connectivity index (χ0v) is 30.9. The van der Waals surface area contributed by atoms with Crippen molar-refractivity contribution < 1.29 is 18.6 Å². The van der Waals surface area contributed by atoms with Crippen LogP contribution in [0.2, 0.25) is 5.02 Å². The van der Waals surface area contributed by atoms with E-state index in [1.807, 2.05) is 6.07 Å². The molecular weight excluding hydrogens is 652 g/mol. The van der Waals surface area contributed by atoms with E-state index in [0.717, 1.165) is 10.7 Å². The maximum atomic E-state index is 6.93. The highest BCUT2D eigenvalue weighted by molar-refractivity contribution is 7.11. The number of nitrogens with zero attached hydrogens (tertiary/aromatic N) is 1. The molecule has 1 spiro atoms. The van der Waals surface area contributed by atoms with E-state index in [9.17, 15) is 0 Å². The second-order valence-electron chi connectivity index (χ2n) is 16.5. The summed E-state index contributed by atoms with van der Waals surface area (Å²) in [5, 5.41) is 3.21. The van der Waals surface area contributed by atoms with Gasteiger partial charge in [-0.15, -0.1) is 0 Å². The molecule has 0 radical (unpaired) electrons. The van der Waals surface area contributed by atoms with Crippen LogP contribution in [0, 0.1) is 0 Å². The number of para-hydroxylation sites is 2. The molecular formula is C43H40B2ClNO4. The first-order chi connectivity index (χ1) is 24.3. The van der Waals surface area contributed by atoms with E-state index in [1.54, 1.807) is 0 Å². The Hall–Kier alpha value is -3.84. The molecule has 8 heteroatoms. The second kappa shape index (κ2) is 10.2. The zero-order chi connectivity index (χ0) is 35.3.